The number of esters is 3. The average Bonchev–Trinajstić information content (AvgIpc) is 3.14. The number of hydrogen-bond donors (Lipinski definition) is 4. The molecule has 16 heteroatoms. The molecule has 2 saturated carbocycles. The predicted molar refractivity (Wildman–Crippen MR) is 214 cm³/mol. The molecule has 16 nitrogen and oxygen atoms in total. The number of methoxy groups -OCH3 is 2. The second-order valence-electron chi connectivity index (χ2n) is 18.5. The summed E-state index contributed by atoms with van der Waals surface area (Å²) in [5.41, 5.74) is -6.80. The zero-order valence-corrected chi connectivity index (χ0v) is 36.8. The van der Waals surface area contributed by atoms with Gasteiger partial charge in [0.25, 0.3) is 0 Å². The van der Waals surface area contributed by atoms with Gasteiger partial charge >= 0.3 is 24.0 Å². The topological polar surface area (TPSA) is 223 Å². The van der Waals surface area contributed by atoms with Crippen LogP contribution in [0.3, 0.4) is 0 Å². The molecule has 3 aliphatic carbocycles. The van der Waals surface area contributed by atoms with Gasteiger partial charge in [-0.05, 0) is 77.8 Å². The van der Waals surface area contributed by atoms with Crippen molar-refractivity contribution in [3.05, 3.63) is 46.6 Å². The van der Waals surface area contributed by atoms with E-state index >= 15 is 4.79 Å². The van der Waals surface area contributed by atoms with Gasteiger partial charge in [-0.3, -0.25) is 9.59 Å². The molecule has 0 aromatic heterocycles. The van der Waals surface area contributed by atoms with Crippen LogP contribution in [0.4, 0.5) is 4.79 Å². The van der Waals surface area contributed by atoms with E-state index in [2.05, 4.69) is 5.32 Å². The fraction of sp³-hybridized carbons (Fsp3) is 0.659. The number of nitrogens with one attached hydrogen (secondary N) is 1. The second kappa shape index (κ2) is 16.4. The molecule has 1 aromatic carbocycles. The van der Waals surface area contributed by atoms with Crippen molar-refractivity contribution in [3.8, 4) is 11.5 Å². The van der Waals surface area contributed by atoms with Crippen LogP contribution >= 0.6 is 0 Å². The zero-order chi connectivity index (χ0) is 45.1. The fourth-order valence-electron chi connectivity index (χ4n) is 10.0. The third kappa shape index (κ3) is 7.91. The summed E-state index contributed by atoms with van der Waals surface area (Å²) in [5.74, 6) is -5.52. The Labute approximate surface area is 350 Å². The van der Waals surface area contributed by atoms with Crippen molar-refractivity contribution in [2.45, 2.75) is 142 Å². The Bertz CT molecular complexity index is 1960. The van der Waals surface area contributed by atoms with E-state index < -0.39 is 112 Å². The molecule has 0 radical (unpaired) electrons. The van der Waals surface area contributed by atoms with Crippen molar-refractivity contribution in [2.75, 3.05) is 20.8 Å². The molecule has 11 atom stereocenters. The highest BCUT2D eigenvalue weighted by Crippen LogP contribution is 2.65. The Morgan fingerprint density at radius 2 is 1.68 bits per heavy atom. The van der Waals surface area contributed by atoms with Gasteiger partial charge in [-0.2, -0.15) is 0 Å². The summed E-state index contributed by atoms with van der Waals surface area (Å²) in [6.45, 7) is 17.5. The minimum Gasteiger partial charge on any atom is -0.497 e. The number of aliphatic hydroxyl groups excluding tert-OH is 2. The lowest BCUT2D eigenvalue weighted by molar-refractivity contribution is -0.345. The molecule has 1 aromatic rings. The van der Waals surface area contributed by atoms with Gasteiger partial charge < -0.3 is 53.8 Å². The molecule has 1 aliphatic heterocycles. The van der Waals surface area contributed by atoms with Crippen LogP contribution in [0.2, 0.25) is 0 Å². The van der Waals surface area contributed by atoms with Gasteiger partial charge in [0, 0.05) is 31.1 Å². The SMILES string of the molecule is COc1ccc(OC)c(C(=O)O[C@H]2[C@@H]3[C@]4(OC(C)=O)CO[C@@H]4C[C@@H](O)[C@@]3(C)C(=O)[C@@H](C)C3=C(C)[C@@H](OC(=O)[C@H](O)[C@H](C=C(C)C)NC(=O)OC(C)(C)C)C[C@]2(O)C3(C)C)c1. The molecule has 3 fully saturated rings. The first kappa shape index (κ1) is 46.6. The van der Waals surface area contributed by atoms with Gasteiger partial charge in [0.15, 0.2) is 11.7 Å². The van der Waals surface area contributed by atoms with Gasteiger partial charge in [0.05, 0.1) is 44.3 Å². The predicted octanol–water partition coefficient (Wildman–Crippen LogP) is 4.15. The molecule has 4 N–H and O–H groups in total. The van der Waals surface area contributed by atoms with E-state index in [0.717, 1.165) is 0 Å². The lowest BCUT2D eigenvalue weighted by Gasteiger charge is -2.67. The van der Waals surface area contributed by atoms with Crippen molar-refractivity contribution < 1.29 is 72.5 Å². The van der Waals surface area contributed by atoms with Crippen LogP contribution < -0.4 is 14.8 Å². The molecule has 60 heavy (non-hydrogen) atoms. The lowest BCUT2D eigenvalue weighted by atomic mass is 9.43. The number of carbonyl (C=O) groups is 5. The number of fused-ring (bicyclic) bond motifs is 5. The largest absolute Gasteiger partial charge is 0.497 e. The molecule has 2 bridgehead atoms. The Balaban J connectivity index is 1.71. The Hall–Kier alpha value is -4.51. The Kier molecular flexibility index (Phi) is 12.7. The van der Waals surface area contributed by atoms with Crippen LogP contribution in [-0.2, 0) is 38.1 Å². The first-order chi connectivity index (χ1) is 27.7. The summed E-state index contributed by atoms with van der Waals surface area (Å²) >= 11 is 0. The molecule has 1 saturated heterocycles. The van der Waals surface area contributed by atoms with Crippen molar-refractivity contribution in [2.24, 2.45) is 22.7 Å². The third-order valence-electron chi connectivity index (χ3n) is 12.9. The molecular formula is C44H61NO15. The van der Waals surface area contributed by atoms with Crippen LogP contribution in [0.25, 0.3) is 0 Å². The van der Waals surface area contributed by atoms with E-state index in [4.69, 9.17) is 33.2 Å². The van der Waals surface area contributed by atoms with Gasteiger partial charge in [0.2, 0.25) is 0 Å². The van der Waals surface area contributed by atoms with Gasteiger partial charge in [-0.15, -0.1) is 0 Å². The Morgan fingerprint density at radius 3 is 2.22 bits per heavy atom. The number of allylic oxidation sites excluding steroid dienone is 1. The first-order valence-corrected chi connectivity index (χ1v) is 20.1. The first-order valence-electron chi connectivity index (χ1n) is 20.1. The van der Waals surface area contributed by atoms with Crippen LogP contribution in [0.5, 0.6) is 11.5 Å². The van der Waals surface area contributed by atoms with Crippen molar-refractivity contribution in [1.82, 2.24) is 5.32 Å². The van der Waals surface area contributed by atoms with E-state index in [-0.39, 0.29) is 30.1 Å². The Morgan fingerprint density at radius 1 is 1.03 bits per heavy atom. The monoisotopic (exact) mass is 843 g/mol. The highest BCUT2D eigenvalue weighted by Gasteiger charge is 2.77. The van der Waals surface area contributed by atoms with Crippen LogP contribution in [0.15, 0.2) is 41.0 Å². The summed E-state index contributed by atoms with van der Waals surface area (Å²) in [4.78, 5) is 69.7. The number of aliphatic hydroxyl groups is 3. The van der Waals surface area contributed by atoms with E-state index in [1.54, 1.807) is 68.4 Å². The zero-order valence-electron chi connectivity index (χ0n) is 36.8. The lowest BCUT2D eigenvalue weighted by Crippen LogP contribution is -2.81. The van der Waals surface area contributed by atoms with E-state index in [1.807, 2.05) is 0 Å². The van der Waals surface area contributed by atoms with Crippen molar-refractivity contribution in [3.63, 3.8) is 0 Å². The number of alkyl carbamates (subject to hydrolysis) is 1. The number of amides is 1. The van der Waals surface area contributed by atoms with Crippen LogP contribution in [-0.4, -0.2) is 119 Å². The highest BCUT2D eigenvalue weighted by atomic mass is 16.6. The highest BCUT2D eigenvalue weighted by molar-refractivity contribution is 5.94. The normalized spacial score (nSPS) is 32.8. The number of Topliss-reactive ketones (excluding diaryl/α,β-unsaturated/α-hetero) is 1. The van der Waals surface area contributed by atoms with E-state index in [1.165, 1.54) is 46.3 Å². The third-order valence-corrected chi connectivity index (χ3v) is 12.9. The minimum absolute atomic E-state index is 0.0976. The second-order valence-corrected chi connectivity index (χ2v) is 18.5. The van der Waals surface area contributed by atoms with Gasteiger partial charge in [-0.25, -0.2) is 14.4 Å². The summed E-state index contributed by atoms with van der Waals surface area (Å²) in [7, 11) is 2.76. The summed E-state index contributed by atoms with van der Waals surface area (Å²) < 4.78 is 40.8. The number of ether oxygens (including phenoxy) is 7. The van der Waals surface area contributed by atoms with Crippen LogP contribution in [0, 0.1) is 22.7 Å². The molecule has 0 spiro atoms. The van der Waals surface area contributed by atoms with E-state index in [0.29, 0.717) is 16.7 Å². The number of hydrogen-bond acceptors (Lipinski definition) is 15. The number of benzene rings is 1. The minimum atomic E-state index is -2.27. The van der Waals surface area contributed by atoms with E-state index in [9.17, 15) is 34.5 Å². The smallest absolute Gasteiger partial charge is 0.408 e. The standard InChI is InChI=1S/C44H61NO15/c1-21(2)16-27(45-39(52)60-40(6,7)8)33(48)38(51)57-29-19-44(53)36(58-37(50)26-17-25(54-12)14-15-28(26)55-13)34-42(11,35(49)23(4)32(22(29)3)41(44,9)10)30(47)18-31-43(34,20-56-31)59-24(5)46/h14-17,23,27,29-31,33-34,36,47-48,53H,18-20H2,1-13H3,(H,45,52)/t23-,27-,29-,30+,31+,33+,34-,36-,42+,43-,44+/m0/s1. The summed E-state index contributed by atoms with van der Waals surface area (Å²) in [6.07, 6.45) is -7.45. The number of ketones is 1. The number of carbonyl (C=O) groups excluding carboxylic acids is 5. The van der Waals surface area contributed by atoms with Crippen molar-refractivity contribution in [1.29, 1.82) is 0 Å². The molecule has 332 valence electrons. The molecule has 1 amide bonds. The maximum absolute atomic E-state index is 15.3. The average molecular weight is 844 g/mol. The fourth-order valence-corrected chi connectivity index (χ4v) is 10.0. The molecule has 4 aliphatic rings. The van der Waals surface area contributed by atoms with Crippen LogP contribution in [0.1, 0.15) is 99.4 Å². The maximum Gasteiger partial charge on any atom is 0.408 e. The number of rotatable bonds is 10. The molecule has 0 unspecified atom stereocenters. The van der Waals surface area contributed by atoms with Gasteiger partial charge in [0.1, 0.15) is 52.4 Å². The maximum atomic E-state index is 15.3. The molecule has 5 rings (SSSR count). The summed E-state index contributed by atoms with van der Waals surface area (Å²) in [6, 6.07) is 3.15. The van der Waals surface area contributed by atoms with Gasteiger partial charge in [-0.1, -0.05) is 32.4 Å². The summed E-state index contributed by atoms with van der Waals surface area (Å²) in [5, 5.41) is 39.6. The quantitative estimate of drug-likeness (QED) is 0.148. The van der Waals surface area contributed by atoms with Crippen molar-refractivity contribution >= 4 is 29.8 Å². The molecule has 1 heterocycles. The molecular weight excluding hydrogens is 782 g/mol.